The van der Waals surface area contributed by atoms with Crippen molar-refractivity contribution in [3.8, 4) is 5.75 Å². The van der Waals surface area contributed by atoms with Crippen molar-refractivity contribution in [2.24, 2.45) is 17.8 Å². The smallest absolute Gasteiger partial charge is 0.309 e. The zero-order valence-corrected chi connectivity index (χ0v) is 47.5. The van der Waals surface area contributed by atoms with Crippen molar-refractivity contribution in [1.82, 2.24) is 14.8 Å². The minimum atomic E-state index is -1.34. The van der Waals surface area contributed by atoms with Crippen LogP contribution < -0.4 is 4.74 Å². The van der Waals surface area contributed by atoms with Crippen LogP contribution in [0.25, 0.3) is 10.9 Å². The molecule has 0 radical (unpaired) electrons. The van der Waals surface area contributed by atoms with Crippen LogP contribution in [-0.4, -0.2) is 196 Å². The Bertz CT molecular complexity index is 2160. The second-order valence-electron chi connectivity index (χ2n) is 21.4. The largest absolute Gasteiger partial charge is 0.497 e. The topological polar surface area (TPSA) is 230 Å². The quantitative estimate of drug-likeness (QED) is 0.102. The van der Waals surface area contributed by atoms with Crippen LogP contribution in [0.2, 0.25) is 0 Å². The highest BCUT2D eigenvalue weighted by molar-refractivity contribution is 5.83. The minimum Gasteiger partial charge on any atom is -0.497 e. The maximum absolute atomic E-state index is 14.1. The number of likely N-dealkylation sites (N-methyl/N-ethyl adjacent to an activating group) is 1. The summed E-state index contributed by atoms with van der Waals surface area (Å²) in [6.45, 7) is 15.1. The summed E-state index contributed by atoms with van der Waals surface area (Å²) in [5.41, 5.74) is 0.671. The number of β-amino-alcohol motifs (C(OH)–C–C–N with tert-alkyl or cyclic N) is 1. The number of esters is 4. The number of carbonyl (C=O) groups excluding carboxylic acids is 4. The number of methoxy groups -OCH3 is 4. The van der Waals surface area contributed by atoms with E-state index in [1.54, 1.807) is 34.8 Å². The first-order chi connectivity index (χ1) is 36.1. The number of aliphatic hydroxyl groups excluding tert-OH is 2. The summed E-state index contributed by atoms with van der Waals surface area (Å²) >= 11 is 0. The SMILES string of the molecule is CCC(=O)O[C@@H]1CC(=O)O[C@H](C)CCN(CCCc2ccnc3ccc(OC)cc23)C[C@H](O)[C@H](C)C[C@H](CC(OC)OC)[C@H]([C@@H]2O[C@H](C)[C@@H](O[C@H]3C[C@@](C)(OC(C)=O)[C@@H](OC(=O)CC)[C@H](C)O3)[C@H](N(C)C)[C@H]2O)[C@@H]1OC. The summed E-state index contributed by atoms with van der Waals surface area (Å²) in [6.07, 6.45) is -7.12. The van der Waals surface area contributed by atoms with Gasteiger partial charge in [-0.2, -0.15) is 0 Å². The van der Waals surface area contributed by atoms with Gasteiger partial charge in [-0.25, -0.2) is 0 Å². The van der Waals surface area contributed by atoms with Gasteiger partial charge in [0.25, 0.3) is 0 Å². The number of nitrogens with zero attached hydrogens (tertiary/aromatic N) is 3. The predicted octanol–water partition coefficient (Wildman–Crippen LogP) is 5.41. The first-order valence-electron chi connectivity index (χ1n) is 27.1. The number of aromatic nitrogens is 1. The predicted molar refractivity (Wildman–Crippen MR) is 280 cm³/mol. The molecule has 2 aromatic rings. The number of pyridine rings is 1. The Kier molecular flexibility index (Phi) is 24.1. The molecule has 0 bridgehead atoms. The fourth-order valence-electron chi connectivity index (χ4n) is 11.6. The summed E-state index contributed by atoms with van der Waals surface area (Å²) in [4.78, 5) is 61.2. The molecule has 16 atom stereocenters. The standard InChI is InChI=1S/C56H89N3O17/c1-15-44(62)73-43-29-46(64)70-33(4)22-25-59(24-17-18-37-21-23-57-41-20-19-39(66-11)28-40(37)41)31-42(61)32(3)26-38(27-47(67-12)68-13)49(53(43)69-14)54-51(65)50(58(9)10)52(34(5)72-54)75-48-30-56(8,76-36(7)60)55(35(6)71-48)74-45(63)16-2/h19-21,23,28,32-35,38,42-43,47-55,61,65H,15-18,22,24-27,29-31H2,1-14H3/t32-,33-,34-,35+,38-,42+,43-,48+,49+,50-,51-,52-,53-,54+,55+,56-/m1/s1. The van der Waals surface area contributed by atoms with E-state index in [9.17, 15) is 29.4 Å². The fraction of sp³-hybridized carbons (Fsp3) is 0.768. The molecular weight excluding hydrogens is 987 g/mol. The van der Waals surface area contributed by atoms with Gasteiger partial charge in [0.05, 0.1) is 55.6 Å². The zero-order chi connectivity index (χ0) is 56.0. The molecule has 0 spiro atoms. The van der Waals surface area contributed by atoms with Gasteiger partial charge < -0.3 is 72.1 Å². The number of carbonyl (C=O) groups is 4. The number of rotatable bonds is 19. The Morgan fingerprint density at radius 2 is 1.64 bits per heavy atom. The molecule has 20 heteroatoms. The van der Waals surface area contributed by atoms with Gasteiger partial charge >= 0.3 is 23.9 Å². The average Bonchev–Trinajstić information content (AvgIpc) is 3.37. The Balaban J connectivity index is 1.53. The van der Waals surface area contributed by atoms with E-state index < -0.39 is 121 Å². The molecule has 0 unspecified atom stereocenters. The lowest BCUT2D eigenvalue weighted by Crippen LogP contribution is -2.67. The third kappa shape index (κ3) is 16.5. The van der Waals surface area contributed by atoms with Crippen LogP contribution in [0.15, 0.2) is 30.5 Å². The highest BCUT2D eigenvalue weighted by Gasteiger charge is 2.56. The van der Waals surface area contributed by atoms with Crippen molar-refractivity contribution in [3.63, 3.8) is 0 Å². The highest BCUT2D eigenvalue weighted by Crippen LogP contribution is 2.43. The molecule has 0 amide bonds. The van der Waals surface area contributed by atoms with E-state index in [2.05, 4.69) is 9.88 Å². The number of aryl methyl sites for hydroxylation is 1. The van der Waals surface area contributed by atoms with E-state index in [4.69, 9.17) is 52.1 Å². The third-order valence-corrected chi connectivity index (χ3v) is 15.5. The first kappa shape index (κ1) is 62.7. The average molecular weight is 1080 g/mol. The number of aliphatic hydroxyl groups is 2. The number of benzene rings is 1. The maximum Gasteiger partial charge on any atom is 0.309 e. The molecular formula is C56H89N3O17. The second-order valence-corrected chi connectivity index (χ2v) is 21.4. The Morgan fingerprint density at radius 1 is 0.947 bits per heavy atom. The lowest BCUT2D eigenvalue weighted by molar-refractivity contribution is -0.320. The molecule has 4 heterocycles. The lowest BCUT2D eigenvalue weighted by Gasteiger charge is -2.53. The molecule has 0 saturated carbocycles. The van der Waals surface area contributed by atoms with Crippen molar-refractivity contribution >= 4 is 34.8 Å². The van der Waals surface area contributed by atoms with Gasteiger partial charge in [-0.15, -0.1) is 0 Å². The van der Waals surface area contributed by atoms with Crippen molar-refractivity contribution in [1.29, 1.82) is 0 Å². The first-order valence-corrected chi connectivity index (χ1v) is 27.1. The van der Waals surface area contributed by atoms with E-state index in [-0.39, 0.29) is 38.0 Å². The van der Waals surface area contributed by atoms with Crippen LogP contribution in [0.5, 0.6) is 5.75 Å². The van der Waals surface area contributed by atoms with E-state index in [1.807, 2.05) is 70.2 Å². The van der Waals surface area contributed by atoms with Crippen molar-refractivity contribution in [2.75, 3.05) is 62.2 Å². The monoisotopic (exact) mass is 1080 g/mol. The van der Waals surface area contributed by atoms with Crippen LogP contribution in [0.3, 0.4) is 0 Å². The highest BCUT2D eigenvalue weighted by atomic mass is 16.7. The van der Waals surface area contributed by atoms with Crippen molar-refractivity contribution in [2.45, 2.75) is 198 Å². The molecule has 0 aliphatic carbocycles. The normalized spacial score (nSPS) is 33.5. The van der Waals surface area contributed by atoms with Crippen molar-refractivity contribution < 1.29 is 81.5 Å². The molecule has 2 N–H and O–H groups in total. The van der Waals surface area contributed by atoms with Gasteiger partial charge in [-0.3, -0.25) is 24.2 Å². The van der Waals surface area contributed by atoms with Crippen LogP contribution >= 0.6 is 0 Å². The Labute approximate surface area is 449 Å². The molecule has 1 aromatic carbocycles. The minimum absolute atomic E-state index is 0.00793. The molecule has 3 saturated heterocycles. The summed E-state index contributed by atoms with van der Waals surface area (Å²) in [5, 5.41) is 26.3. The van der Waals surface area contributed by atoms with Gasteiger partial charge in [0, 0.05) is 84.5 Å². The third-order valence-electron chi connectivity index (χ3n) is 15.5. The number of cyclic esters (lactones) is 1. The van der Waals surface area contributed by atoms with Crippen LogP contribution in [0, 0.1) is 17.8 Å². The molecule has 430 valence electrons. The summed E-state index contributed by atoms with van der Waals surface area (Å²) in [5.74, 6) is -3.26. The zero-order valence-electron chi connectivity index (χ0n) is 47.5. The van der Waals surface area contributed by atoms with Crippen LogP contribution in [0.1, 0.15) is 112 Å². The van der Waals surface area contributed by atoms with Gasteiger partial charge in [-0.05, 0) is 116 Å². The van der Waals surface area contributed by atoms with E-state index in [0.29, 0.717) is 32.5 Å². The second kappa shape index (κ2) is 29.2. The molecule has 3 aliphatic heterocycles. The van der Waals surface area contributed by atoms with Gasteiger partial charge in [0.15, 0.2) is 24.3 Å². The number of hydrogen-bond acceptors (Lipinski definition) is 20. The Morgan fingerprint density at radius 3 is 2.28 bits per heavy atom. The summed E-state index contributed by atoms with van der Waals surface area (Å²) in [7, 11) is 9.79. The van der Waals surface area contributed by atoms with E-state index >= 15 is 0 Å². The Hall–Kier alpha value is -4.09. The van der Waals surface area contributed by atoms with Crippen LogP contribution in [-0.2, 0) is 73.0 Å². The van der Waals surface area contributed by atoms with E-state index in [0.717, 1.165) is 35.1 Å². The van der Waals surface area contributed by atoms with Crippen molar-refractivity contribution in [3.05, 3.63) is 36.0 Å². The number of fused-ring (bicyclic) bond motifs is 1. The number of ether oxygens (including phenoxy) is 11. The van der Waals surface area contributed by atoms with Crippen LogP contribution in [0.4, 0.5) is 0 Å². The fourth-order valence-corrected chi connectivity index (χ4v) is 11.6. The molecule has 3 aliphatic rings. The van der Waals surface area contributed by atoms with Gasteiger partial charge in [0.1, 0.15) is 30.2 Å². The van der Waals surface area contributed by atoms with Gasteiger partial charge in [-0.1, -0.05) is 20.8 Å². The molecule has 1 aromatic heterocycles. The molecule has 3 fully saturated rings. The van der Waals surface area contributed by atoms with E-state index in [1.165, 1.54) is 28.3 Å². The maximum atomic E-state index is 14.1. The van der Waals surface area contributed by atoms with Gasteiger partial charge in [0.2, 0.25) is 0 Å². The molecule has 20 nitrogen and oxygen atoms in total. The summed E-state index contributed by atoms with van der Waals surface area (Å²) in [6, 6.07) is 7.07. The lowest BCUT2D eigenvalue weighted by atomic mass is 9.70. The molecule has 76 heavy (non-hydrogen) atoms. The number of hydrogen-bond donors (Lipinski definition) is 2. The summed E-state index contributed by atoms with van der Waals surface area (Å²) < 4.78 is 67.6. The molecule has 5 rings (SSSR count).